The zero-order valence-electron chi connectivity index (χ0n) is 10.7. The van der Waals surface area contributed by atoms with Crippen molar-refractivity contribution in [3.8, 4) is 22.6 Å². The van der Waals surface area contributed by atoms with Gasteiger partial charge >= 0.3 is 5.97 Å². The van der Waals surface area contributed by atoms with Gasteiger partial charge in [-0.05, 0) is 24.6 Å². The van der Waals surface area contributed by atoms with Crippen LogP contribution in [-0.2, 0) is 0 Å². The first-order chi connectivity index (χ1) is 9.02. The molecule has 0 aliphatic carbocycles. The van der Waals surface area contributed by atoms with E-state index in [1.54, 1.807) is 0 Å². The highest BCUT2D eigenvalue weighted by atomic mass is 16.5. The Labute approximate surface area is 110 Å². The fourth-order valence-electron chi connectivity index (χ4n) is 1.92. The summed E-state index contributed by atoms with van der Waals surface area (Å²) >= 11 is 0. The van der Waals surface area contributed by atoms with Crippen molar-refractivity contribution in [2.75, 3.05) is 7.11 Å². The monoisotopic (exact) mass is 258 g/mol. The number of hydrogen-bond donors (Lipinski definition) is 2. The minimum Gasteiger partial charge on any atom is -0.504 e. The number of phenolic OH excluding ortho intramolecular Hbond substituents is 1. The summed E-state index contributed by atoms with van der Waals surface area (Å²) in [6.07, 6.45) is 0. The van der Waals surface area contributed by atoms with Gasteiger partial charge in [0.25, 0.3) is 0 Å². The molecule has 0 saturated carbocycles. The number of phenols is 1. The molecule has 0 amide bonds. The number of benzene rings is 2. The summed E-state index contributed by atoms with van der Waals surface area (Å²) in [6, 6.07) is 10.2. The maximum atomic E-state index is 11.1. The van der Waals surface area contributed by atoms with Crippen LogP contribution >= 0.6 is 0 Å². The Kier molecular flexibility index (Phi) is 3.42. The maximum absolute atomic E-state index is 11.1. The van der Waals surface area contributed by atoms with Gasteiger partial charge in [0, 0.05) is 5.56 Å². The molecule has 0 atom stereocenters. The molecule has 2 rings (SSSR count). The van der Waals surface area contributed by atoms with Crippen LogP contribution in [-0.4, -0.2) is 23.3 Å². The lowest BCUT2D eigenvalue weighted by Gasteiger charge is -2.11. The van der Waals surface area contributed by atoms with Crippen LogP contribution in [0.5, 0.6) is 11.5 Å². The zero-order valence-corrected chi connectivity index (χ0v) is 10.7. The molecule has 0 heterocycles. The zero-order chi connectivity index (χ0) is 14.0. The quantitative estimate of drug-likeness (QED) is 0.887. The van der Waals surface area contributed by atoms with Gasteiger partial charge in [-0.2, -0.15) is 0 Å². The number of carboxylic acids is 1. The van der Waals surface area contributed by atoms with Gasteiger partial charge in [-0.1, -0.05) is 29.8 Å². The Balaban J connectivity index is 2.68. The molecule has 4 nitrogen and oxygen atoms in total. The molecule has 0 unspecified atom stereocenters. The number of aryl methyl sites for hydroxylation is 1. The molecule has 0 aliphatic heterocycles. The first kappa shape index (κ1) is 13.0. The smallest absolute Gasteiger partial charge is 0.335 e. The second-order valence-electron chi connectivity index (χ2n) is 4.25. The first-order valence-corrected chi connectivity index (χ1v) is 5.74. The van der Waals surface area contributed by atoms with E-state index in [2.05, 4.69) is 0 Å². The molecule has 0 aliphatic rings. The highest BCUT2D eigenvalue weighted by molar-refractivity contribution is 5.91. The van der Waals surface area contributed by atoms with Crippen LogP contribution in [0.2, 0.25) is 0 Å². The molecule has 0 saturated heterocycles. The number of carboxylic acid groups (broad SMARTS) is 1. The van der Waals surface area contributed by atoms with E-state index in [1.165, 1.54) is 19.2 Å². The molecule has 0 radical (unpaired) electrons. The second-order valence-corrected chi connectivity index (χ2v) is 4.25. The Morgan fingerprint density at radius 2 is 1.95 bits per heavy atom. The van der Waals surface area contributed by atoms with E-state index in [-0.39, 0.29) is 17.1 Å². The van der Waals surface area contributed by atoms with E-state index in [0.717, 1.165) is 11.1 Å². The van der Waals surface area contributed by atoms with Crippen molar-refractivity contribution in [1.29, 1.82) is 0 Å². The minimum absolute atomic E-state index is 0.0573. The van der Waals surface area contributed by atoms with Crippen LogP contribution in [0.1, 0.15) is 15.9 Å². The van der Waals surface area contributed by atoms with E-state index < -0.39 is 5.97 Å². The molecule has 19 heavy (non-hydrogen) atoms. The summed E-state index contributed by atoms with van der Waals surface area (Å²) in [7, 11) is 1.39. The standard InChI is InChI=1S/C15H14O4/c1-9-4-3-5-10(6-9)12-7-11(15(17)18)8-13(19-2)14(12)16/h3-8,16H,1-2H3,(H,17,18). The lowest BCUT2D eigenvalue weighted by Crippen LogP contribution is -1.98. The van der Waals surface area contributed by atoms with Gasteiger partial charge in [-0.15, -0.1) is 0 Å². The van der Waals surface area contributed by atoms with Crippen molar-refractivity contribution in [2.24, 2.45) is 0 Å². The predicted molar refractivity (Wildman–Crippen MR) is 71.8 cm³/mol. The van der Waals surface area contributed by atoms with Gasteiger partial charge in [0.15, 0.2) is 11.5 Å². The fourth-order valence-corrected chi connectivity index (χ4v) is 1.92. The van der Waals surface area contributed by atoms with Crippen LogP contribution in [0.4, 0.5) is 0 Å². The van der Waals surface area contributed by atoms with Gasteiger partial charge < -0.3 is 14.9 Å². The average molecular weight is 258 g/mol. The van der Waals surface area contributed by atoms with E-state index in [9.17, 15) is 9.90 Å². The van der Waals surface area contributed by atoms with Crippen LogP contribution in [0.3, 0.4) is 0 Å². The van der Waals surface area contributed by atoms with Crippen molar-refractivity contribution in [3.05, 3.63) is 47.5 Å². The normalized spacial score (nSPS) is 10.2. The molecule has 2 aromatic carbocycles. The Bertz CT molecular complexity index is 632. The molecule has 0 bridgehead atoms. The topological polar surface area (TPSA) is 66.8 Å². The number of hydrogen-bond acceptors (Lipinski definition) is 3. The second kappa shape index (κ2) is 5.02. The van der Waals surface area contributed by atoms with Gasteiger partial charge in [0.05, 0.1) is 12.7 Å². The number of aromatic hydroxyl groups is 1. The summed E-state index contributed by atoms with van der Waals surface area (Å²) in [5, 5.41) is 19.2. The lowest BCUT2D eigenvalue weighted by atomic mass is 9.99. The number of methoxy groups -OCH3 is 1. The minimum atomic E-state index is -1.06. The van der Waals surface area contributed by atoms with Gasteiger partial charge in [-0.3, -0.25) is 0 Å². The Morgan fingerprint density at radius 1 is 1.21 bits per heavy atom. The van der Waals surface area contributed by atoms with E-state index >= 15 is 0 Å². The number of ether oxygens (including phenoxy) is 1. The van der Waals surface area contributed by atoms with Gasteiger partial charge in [0.2, 0.25) is 0 Å². The van der Waals surface area contributed by atoms with E-state index in [0.29, 0.717) is 5.56 Å². The third-order valence-corrected chi connectivity index (χ3v) is 2.87. The summed E-state index contributed by atoms with van der Waals surface area (Å²) in [4.78, 5) is 11.1. The maximum Gasteiger partial charge on any atom is 0.335 e. The largest absolute Gasteiger partial charge is 0.504 e. The average Bonchev–Trinajstić information content (AvgIpc) is 2.38. The summed E-state index contributed by atoms with van der Waals surface area (Å²) < 4.78 is 5.01. The highest BCUT2D eigenvalue weighted by Gasteiger charge is 2.15. The highest BCUT2D eigenvalue weighted by Crippen LogP contribution is 2.38. The molecule has 2 N–H and O–H groups in total. The van der Waals surface area contributed by atoms with Gasteiger partial charge in [0.1, 0.15) is 0 Å². The predicted octanol–water partition coefficient (Wildman–Crippen LogP) is 3.07. The van der Waals surface area contributed by atoms with Crippen molar-refractivity contribution >= 4 is 5.97 Å². The fraction of sp³-hybridized carbons (Fsp3) is 0.133. The SMILES string of the molecule is COc1cc(C(=O)O)cc(-c2cccc(C)c2)c1O. The van der Waals surface area contributed by atoms with Gasteiger partial charge in [-0.25, -0.2) is 4.79 Å². The Hall–Kier alpha value is -2.49. The van der Waals surface area contributed by atoms with Crippen LogP contribution in [0, 0.1) is 6.92 Å². The number of rotatable bonds is 3. The van der Waals surface area contributed by atoms with Crippen LogP contribution in [0.25, 0.3) is 11.1 Å². The van der Waals surface area contributed by atoms with Crippen molar-refractivity contribution in [2.45, 2.75) is 6.92 Å². The third kappa shape index (κ3) is 2.52. The molecular formula is C15H14O4. The summed E-state index contributed by atoms with van der Waals surface area (Å²) in [5.41, 5.74) is 2.29. The van der Waals surface area contributed by atoms with Crippen molar-refractivity contribution in [3.63, 3.8) is 0 Å². The molecule has 4 heteroatoms. The molecule has 98 valence electrons. The molecular weight excluding hydrogens is 244 g/mol. The lowest BCUT2D eigenvalue weighted by molar-refractivity contribution is 0.0696. The summed E-state index contributed by atoms with van der Waals surface area (Å²) in [5.74, 6) is -0.971. The first-order valence-electron chi connectivity index (χ1n) is 5.74. The van der Waals surface area contributed by atoms with Crippen LogP contribution < -0.4 is 4.74 Å². The molecule has 0 aromatic heterocycles. The van der Waals surface area contributed by atoms with Crippen molar-refractivity contribution in [1.82, 2.24) is 0 Å². The number of carbonyl (C=O) groups is 1. The van der Waals surface area contributed by atoms with Crippen LogP contribution in [0.15, 0.2) is 36.4 Å². The van der Waals surface area contributed by atoms with E-state index in [1.807, 2.05) is 31.2 Å². The molecule has 2 aromatic rings. The Morgan fingerprint density at radius 3 is 2.53 bits per heavy atom. The number of aromatic carboxylic acids is 1. The molecule has 0 spiro atoms. The third-order valence-electron chi connectivity index (χ3n) is 2.87. The summed E-state index contributed by atoms with van der Waals surface area (Å²) in [6.45, 7) is 1.93. The van der Waals surface area contributed by atoms with Crippen molar-refractivity contribution < 1.29 is 19.7 Å². The van der Waals surface area contributed by atoms with E-state index in [4.69, 9.17) is 9.84 Å². The molecule has 0 fully saturated rings.